The Bertz CT molecular complexity index is 1420. The third-order valence-corrected chi connectivity index (χ3v) is 5.81. The summed E-state index contributed by atoms with van der Waals surface area (Å²) in [5.41, 5.74) is -4.95. The number of rotatable bonds is 7. The van der Waals surface area contributed by atoms with Crippen LogP contribution in [0.3, 0.4) is 0 Å². The van der Waals surface area contributed by atoms with Gasteiger partial charge >= 0.3 is 21.7 Å². The first-order valence-electron chi connectivity index (χ1n) is 10.8. The molecule has 0 saturated heterocycles. The molecule has 0 bridgehead atoms. The maximum absolute atomic E-state index is 13.0. The Kier molecular flexibility index (Phi) is 7.77. The van der Waals surface area contributed by atoms with Crippen LogP contribution in [0.5, 0.6) is 17.2 Å². The van der Waals surface area contributed by atoms with Crippen LogP contribution in [0.2, 0.25) is 0 Å². The van der Waals surface area contributed by atoms with Crippen molar-refractivity contribution in [2.75, 3.05) is 14.2 Å². The van der Waals surface area contributed by atoms with E-state index in [1.807, 2.05) is 0 Å². The number of amides is 1. The molecule has 13 heteroatoms. The molecule has 0 saturated carbocycles. The van der Waals surface area contributed by atoms with Crippen molar-refractivity contribution in [3.8, 4) is 28.4 Å². The van der Waals surface area contributed by atoms with E-state index in [2.05, 4.69) is 14.5 Å². The monoisotopic (exact) mass is 542 g/mol. The summed E-state index contributed by atoms with van der Waals surface area (Å²) in [4.78, 5) is 16.8. The summed E-state index contributed by atoms with van der Waals surface area (Å²) < 4.78 is 82.6. The number of carbonyl (C=O) groups excluding carboxylic acids is 1. The summed E-state index contributed by atoms with van der Waals surface area (Å²) in [6.45, 7) is 4.99. The highest BCUT2D eigenvalue weighted by molar-refractivity contribution is 7.88. The maximum atomic E-state index is 13.0. The summed E-state index contributed by atoms with van der Waals surface area (Å²) in [7, 11) is -3.66. The zero-order valence-electron chi connectivity index (χ0n) is 20.6. The van der Waals surface area contributed by atoms with Crippen LogP contribution in [0.4, 0.5) is 18.0 Å². The lowest BCUT2D eigenvalue weighted by Crippen LogP contribution is -2.32. The Morgan fingerprint density at radius 3 is 2.24 bits per heavy atom. The van der Waals surface area contributed by atoms with Crippen LogP contribution in [0.15, 0.2) is 42.5 Å². The smallest absolute Gasteiger partial charge is 0.493 e. The molecule has 1 aromatic heterocycles. The maximum Gasteiger partial charge on any atom is 0.534 e. The van der Waals surface area contributed by atoms with Gasteiger partial charge < -0.3 is 23.7 Å². The number of hydrogen-bond donors (Lipinski definition) is 1. The zero-order valence-corrected chi connectivity index (χ0v) is 21.4. The number of methoxy groups -OCH3 is 2. The van der Waals surface area contributed by atoms with Crippen LogP contribution >= 0.6 is 0 Å². The molecule has 37 heavy (non-hydrogen) atoms. The fourth-order valence-corrected chi connectivity index (χ4v) is 3.78. The predicted octanol–water partition coefficient (Wildman–Crippen LogP) is 5.17. The van der Waals surface area contributed by atoms with Gasteiger partial charge in [0.05, 0.1) is 32.0 Å². The molecular formula is C24H25F3N2O7S. The number of benzene rings is 2. The number of nitrogens with one attached hydrogen (secondary N) is 1. The molecule has 0 aliphatic carbocycles. The van der Waals surface area contributed by atoms with Gasteiger partial charge in [0.2, 0.25) is 5.75 Å². The topological polar surface area (TPSA) is 113 Å². The van der Waals surface area contributed by atoms with Gasteiger partial charge in [0, 0.05) is 10.9 Å². The van der Waals surface area contributed by atoms with E-state index >= 15 is 0 Å². The molecule has 0 atom stereocenters. The molecule has 200 valence electrons. The van der Waals surface area contributed by atoms with Gasteiger partial charge in [0.15, 0.2) is 11.5 Å². The van der Waals surface area contributed by atoms with Crippen molar-refractivity contribution in [3.05, 3.63) is 48.2 Å². The Hall–Kier alpha value is -3.74. The number of para-hydroxylation sites is 1. The average molecular weight is 543 g/mol. The number of aromatic nitrogens is 1. The molecule has 0 fully saturated rings. The van der Waals surface area contributed by atoms with Crippen molar-refractivity contribution in [1.29, 1.82) is 0 Å². The molecule has 9 nitrogen and oxygen atoms in total. The van der Waals surface area contributed by atoms with Crippen LogP contribution in [0.1, 0.15) is 26.5 Å². The molecule has 3 aromatic rings. The number of ether oxygens (including phenoxy) is 3. The molecular weight excluding hydrogens is 517 g/mol. The van der Waals surface area contributed by atoms with E-state index in [4.69, 9.17) is 14.2 Å². The van der Waals surface area contributed by atoms with Gasteiger partial charge in [-0.05, 0) is 50.6 Å². The molecule has 0 aliphatic rings. The Labute approximate surface area is 211 Å². The number of pyridine rings is 1. The SMILES string of the molecule is COc1cc(-c2cc3ccccc3nc2CNC(=O)OC(C)(C)C)cc(OS(=O)(=O)C(F)(F)F)c1OC. The molecule has 3 rings (SSSR count). The first kappa shape index (κ1) is 27.8. The quantitative estimate of drug-likeness (QED) is 0.321. The van der Waals surface area contributed by atoms with E-state index < -0.39 is 33.1 Å². The highest BCUT2D eigenvalue weighted by atomic mass is 32.2. The van der Waals surface area contributed by atoms with Crippen molar-refractivity contribution >= 4 is 27.1 Å². The van der Waals surface area contributed by atoms with Gasteiger partial charge in [-0.15, -0.1) is 0 Å². The summed E-state index contributed by atoms with van der Waals surface area (Å²) in [6, 6.07) is 11.2. The molecule has 0 aliphatic heterocycles. The lowest BCUT2D eigenvalue weighted by atomic mass is 10.00. The van der Waals surface area contributed by atoms with Crippen LogP contribution in [0.25, 0.3) is 22.0 Å². The van der Waals surface area contributed by atoms with E-state index in [0.29, 0.717) is 22.2 Å². The number of nitrogens with zero attached hydrogens (tertiary/aromatic N) is 1. The summed E-state index contributed by atoms with van der Waals surface area (Å²) in [5, 5.41) is 3.28. The van der Waals surface area contributed by atoms with Crippen molar-refractivity contribution in [2.45, 2.75) is 38.4 Å². The van der Waals surface area contributed by atoms with Gasteiger partial charge in [-0.2, -0.15) is 21.6 Å². The lowest BCUT2D eigenvalue weighted by Gasteiger charge is -2.20. The summed E-state index contributed by atoms with van der Waals surface area (Å²) in [5.74, 6) is -1.19. The second kappa shape index (κ2) is 10.3. The number of alkyl carbamates (subject to hydrolysis) is 1. The summed E-state index contributed by atoms with van der Waals surface area (Å²) >= 11 is 0. The minimum Gasteiger partial charge on any atom is -0.493 e. The number of carbonyl (C=O) groups is 1. The molecule has 1 N–H and O–H groups in total. The predicted molar refractivity (Wildman–Crippen MR) is 129 cm³/mol. The highest BCUT2D eigenvalue weighted by Gasteiger charge is 2.49. The van der Waals surface area contributed by atoms with Crippen LogP contribution in [0, 0.1) is 0 Å². The fraction of sp³-hybridized carbons (Fsp3) is 0.333. The van der Waals surface area contributed by atoms with E-state index in [0.717, 1.165) is 13.2 Å². The second-order valence-electron chi connectivity index (χ2n) is 8.72. The second-order valence-corrected chi connectivity index (χ2v) is 10.3. The molecule has 1 amide bonds. The molecule has 0 unspecified atom stereocenters. The van der Waals surface area contributed by atoms with Crippen LogP contribution in [-0.4, -0.2) is 44.8 Å². The Balaban J connectivity index is 2.17. The third-order valence-electron chi connectivity index (χ3n) is 4.84. The number of halogens is 3. The molecule has 0 radical (unpaired) electrons. The van der Waals surface area contributed by atoms with Crippen molar-refractivity contribution < 1.29 is 44.8 Å². The third kappa shape index (κ3) is 6.53. The molecule has 2 aromatic carbocycles. The van der Waals surface area contributed by atoms with Crippen LogP contribution < -0.4 is 19.0 Å². The zero-order chi connectivity index (χ0) is 27.6. The number of alkyl halides is 3. The van der Waals surface area contributed by atoms with Gasteiger partial charge in [-0.1, -0.05) is 18.2 Å². The summed E-state index contributed by atoms with van der Waals surface area (Å²) in [6.07, 6.45) is -0.707. The fourth-order valence-electron chi connectivity index (χ4n) is 3.32. The van der Waals surface area contributed by atoms with Crippen molar-refractivity contribution in [3.63, 3.8) is 0 Å². The van der Waals surface area contributed by atoms with Gasteiger partial charge in [0.1, 0.15) is 5.60 Å². The highest BCUT2D eigenvalue weighted by Crippen LogP contribution is 2.44. The van der Waals surface area contributed by atoms with E-state index in [1.54, 1.807) is 51.1 Å². The number of hydrogen-bond acceptors (Lipinski definition) is 8. The van der Waals surface area contributed by atoms with Crippen molar-refractivity contribution in [1.82, 2.24) is 10.3 Å². The standard InChI is InChI=1S/C24H25F3N2O7S/c1-23(2,3)35-22(30)28-13-18-16(10-14-8-6-7-9-17(14)29-18)15-11-19(33-4)21(34-5)20(12-15)36-37(31,32)24(25,26)27/h6-12H,13H2,1-5H3,(H,28,30). The minimum absolute atomic E-state index is 0.0911. The minimum atomic E-state index is -6.02. The van der Waals surface area contributed by atoms with Crippen molar-refractivity contribution in [2.24, 2.45) is 0 Å². The van der Waals surface area contributed by atoms with E-state index in [9.17, 15) is 26.4 Å². The first-order valence-corrected chi connectivity index (χ1v) is 12.2. The van der Waals surface area contributed by atoms with E-state index in [1.165, 1.54) is 13.2 Å². The Morgan fingerprint density at radius 1 is 1.00 bits per heavy atom. The number of fused-ring (bicyclic) bond motifs is 1. The average Bonchev–Trinajstić information content (AvgIpc) is 2.79. The molecule has 0 spiro atoms. The normalized spacial score (nSPS) is 12.2. The largest absolute Gasteiger partial charge is 0.534 e. The Morgan fingerprint density at radius 2 is 1.65 bits per heavy atom. The lowest BCUT2D eigenvalue weighted by molar-refractivity contribution is -0.0500. The first-order chi connectivity index (χ1) is 17.1. The van der Waals surface area contributed by atoms with E-state index in [-0.39, 0.29) is 23.6 Å². The van der Waals surface area contributed by atoms with Gasteiger partial charge in [0.25, 0.3) is 0 Å². The van der Waals surface area contributed by atoms with Gasteiger partial charge in [-0.3, -0.25) is 4.98 Å². The van der Waals surface area contributed by atoms with Crippen LogP contribution in [-0.2, 0) is 21.4 Å². The van der Waals surface area contributed by atoms with Gasteiger partial charge in [-0.25, -0.2) is 4.79 Å². The molecule has 1 heterocycles.